The fourth-order valence-corrected chi connectivity index (χ4v) is 4.62. The van der Waals surface area contributed by atoms with E-state index in [0.29, 0.717) is 46.7 Å². The van der Waals surface area contributed by atoms with Crippen LogP contribution in [0.1, 0.15) is 6.42 Å². The SMILES string of the molecule is Fc1ccc(F)c(-c2ccc(-c3nc4nc(O[C@@H]5CO[C@@H]6CCO[C@@H]65)[nH]c4cc3Cl)cc2)c1. The van der Waals surface area contributed by atoms with Gasteiger partial charge in [-0.25, -0.2) is 13.8 Å². The van der Waals surface area contributed by atoms with Crippen molar-refractivity contribution in [3.63, 3.8) is 0 Å². The van der Waals surface area contributed by atoms with Crippen LogP contribution < -0.4 is 4.74 Å². The van der Waals surface area contributed by atoms with E-state index in [4.69, 9.17) is 25.8 Å². The number of aromatic nitrogens is 3. The van der Waals surface area contributed by atoms with Crippen molar-refractivity contribution in [3.8, 4) is 28.4 Å². The predicted octanol–water partition coefficient (Wildman–Crippen LogP) is 5.16. The molecule has 2 aromatic carbocycles. The largest absolute Gasteiger partial charge is 0.456 e. The highest BCUT2D eigenvalue weighted by Crippen LogP contribution is 2.33. The molecule has 0 bridgehead atoms. The monoisotopic (exact) mass is 469 g/mol. The zero-order valence-electron chi connectivity index (χ0n) is 17.2. The molecule has 1 N–H and O–H groups in total. The molecular weight excluding hydrogens is 452 g/mol. The summed E-state index contributed by atoms with van der Waals surface area (Å²) in [5.74, 6) is -0.992. The molecule has 0 unspecified atom stereocenters. The van der Waals surface area contributed by atoms with Crippen molar-refractivity contribution >= 4 is 22.8 Å². The number of halogens is 3. The molecular formula is C24H18ClF2N3O3. The molecule has 168 valence electrons. The molecule has 0 spiro atoms. The number of nitrogens with one attached hydrogen (secondary N) is 1. The Morgan fingerprint density at radius 3 is 2.67 bits per heavy atom. The Morgan fingerprint density at radius 1 is 1.00 bits per heavy atom. The van der Waals surface area contributed by atoms with E-state index < -0.39 is 11.6 Å². The van der Waals surface area contributed by atoms with Gasteiger partial charge in [0, 0.05) is 17.7 Å². The van der Waals surface area contributed by atoms with E-state index in [1.54, 1.807) is 30.3 Å². The summed E-state index contributed by atoms with van der Waals surface area (Å²) in [6.07, 6.45) is 0.619. The van der Waals surface area contributed by atoms with Crippen molar-refractivity contribution in [1.82, 2.24) is 15.0 Å². The average molecular weight is 470 g/mol. The van der Waals surface area contributed by atoms with Crippen LogP contribution in [0.5, 0.6) is 6.01 Å². The number of rotatable bonds is 4. The Balaban J connectivity index is 1.28. The van der Waals surface area contributed by atoms with Crippen molar-refractivity contribution in [2.45, 2.75) is 24.7 Å². The highest BCUT2D eigenvalue weighted by atomic mass is 35.5. The third-order valence-corrected chi connectivity index (χ3v) is 6.27. The molecule has 33 heavy (non-hydrogen) atoms. The van der Waals surface area contributed by atoms with Crippen LogP contribution in [-0.4, -0.2) is 46.5 Å². The normalized spacial score (nSPS) is 22.1. The van der Waals surface area contributed by atoms with Gasteiger partial charge in [0.2, 0.25) is 0 Å². The number of imidazole rings is 1. The van der Waals surface area contributed by atoms with Gasteiger partial charge in [-0.1, -0.05) is 35.9 Å². The van der Waals surface area contributed by atoms with Gasteiger partial charge in [0.05, 0.1) is 28.9 Å². The van der Waals surface area contributed by atoms with Crippen molar-refractivity contribution in [2.24, 2.45) is 0 Å². The van der Waals surface area contributed by atoms with E-state index >= 15 is 0 Å². The van der Waals surface area contributed by atoms with Crippen LogP contribution in [0, 0.1) is 11.6 Å². The number of H-pyrrole nitrogens is 1. The van der Waals surface area contributed by atoms with Crippen LogP contribution in [0.4, 0.5) is 8.78 Å². The molecule has 4 heterocycles. The fourth-order valence-electron chi connectivity index (χ4n) is 4.35. The molecule has 0 saturated carbocycles. The van der Waals surface area contributed by atoms with Gasteiger partial charge in [-0.3, -0.25) is 0 Å². The summed E-state index contributed by atoms with van der Waals surface area (Å²) in [4.78, 5) is 12.1. The molecule has 9 heteroatoms. The van der Waals surface area contributed by atoms with Crippen molar-refractivity contribution < 1.29 is 23.0 Å². The topological polar surface area (TPSA) is 69.3 Å². The molecule has 6 rings (SSSR count). The Morgan fingerprint density at radius 2 is 1.82 bits per heavy atom. The van der Waals surface area contributed by atoms with Gasteiger partial charge >= 0.3 is 0 Å². The first-order valence-electron chi connectivity index (χ1n) is 10.6. The lowest BCUT2D eigenvalue weighted by Crippen LogP contribution is -2.32. The third-order valence-electron chi connectivity index (χ3n) is 5.99. The van der Waals surface area contributed by atoms with Crippen LogP contribution in [-0.2, 0) is 9.47 Å². The first kappa shape index (κ1) is 20.5. The van der Waals surface area contributed by atoms with E-state index in [-0.39, 0.29) is 23.9 Å². The summed E-state index contributed by atoms with van der Waals surface area (Å²) < 4.78 is 45.1. The first-order chi connectivity index (χ1) is 16.0. The quantitative estimate of drug-likeness (QED) is 0.447. The zero-order valence-corrected chi connectivity index (χ0v) is 18.0. The van der Waals surface area contributed by atoms with Gasteiger partial charge in [-0.15, -0.1) is 0 Å². The smallest absolute Gasteiger partial charge is 0.296 e. The van der Waals surface area contributed by atoms with Crippen molar-refractivity contribution in [3.05, 3.63) is 65.2 Å². The summed E-state index contributed by atoms with van der Waals surface area (Å²) in [6, 6.07) is 12.4. The van der Waals surface area contributed by atoms with E-state index in [1.165, 1.54) is 6.07 Å². The van der Waals surface area contributed by atoms with Gasteiger partial charge in [-0.05, 0) is 36.2 Å². The maximum absolute atomic E-state index is 14.1. The lowest BCUT2D eigenvalue weighted by Gasteiger charge is -2.15. The van der Waals surface area contributed by atoms with E-state index in [1.807, 2.05) is 0 Å². The molecule has 3 atom stereocenters. The average Bonchev–Trinajstić information content (AvgIpc) is 3.52. The minimum absolute atomic E-state index is 0.0716. The highest BCUT2D eigenvalue weighted by molar-refractivity contribution is 6.33. The molecule has 2 fully saturated rings. The van der Waals surface area contributed by atoms with E-state index in [9.17, 15) is 8.78 Å². The molecule has 2 aliphatic heterocycles. The van der Waals surface area contributed by atoms with Gasteiger partial charge < -0.3 is 19.2 Å². The molecule has 4 aromatic rings. The Hall–Kier alpha value is -3.07. The lowest BCUT2D eigenvalue weighted by molar-refractivity contribution is 0.0273. The van der Waals surface area contributed by atoms with Crippen LogP contribution in [0.3, 0.4) is 0 Å². The Kier molecular flexibility index (Phi) is 5.01. The van der Waals surface area contributed by atoms with Crippen LogP contribution in [0.25, 0.3) is 33.5 Å². The maximum atomic E-state index is 14.1. The second-order valence-electron chi connectivity index (χ2n) is 8.09. The lowest BCUT2D eigenvalue weighted by atomic mass is 10.0. The van der Waals surface area contributed by atoms with Crippen molar-refractivity contribution in [1.29, 1.82) is 0 Å². The molecule has 6 nitrogen and oxygen atoms in total. The summed E-state index contributed by atoms with van der Waals surface area (Å²) in [6.45, 7) is 1.12. The fraction of sp³-hybridized carbons (Fsp3) is 0.250. The third kappa shape index (κ3) is 3.74. The maximum Gasteiger partial charge on any atom is 0.296 e. The second kappa shape index (κ2) is 8.06. The molecule has 0 amide bonds. The first-order valence-corrected chi connectivity index (χ1v) is 10.9. The van der Waals surface area contributed by atoms with Gasteiger partial charge in [0.1, 0.15) is 17.7 Å². The molecule has 2 aliphatic rings. The molecule has 0 radical (unpaired) electrons. The zero-order chi connectivity index (χ0) is 22.5. The Labute approximate surface area is 192 Å². The van der Waals surface area contributed by atoms with Gasteiger partial charge in [-0.2, -0.15) is 4.98 Å². The molecule has 0 aliphatic carbocycles. The number of fused-ring (bicyclic) bond motifs is 2. The summed E-state index contributed by atoms with van der Waals surface area (Å²) >= 11 is 6.49. The number of nitrogens with zero attached hydrogens (tertiary/aromatic N) is 2. The summed E-state index contributed by atoms with van der Waals surface area (Å²) in [5, 5.41) is 0.422. The number of ether oxygens (including phenoxy) is 3. The predicted molar refractivity (Wildman–Crippen MR) is 118 cm³/mol. The van der Waals surface area contributed by atoms with Gasteiger partial charge in [0.25, 0.3) is 6.01 Å². The standard InChI is InChI=1S/C24H18ClF2N3O3/c25-16-10-18-23(30-24(28-18)33-20-11-32-19-7-8-31-22(19)20)29-21(16)13-3-1-12(2-4-13)15-9-14(26)5-6-17(15)27/h1-6,9-10,19-20,22H,7-8,11H2,(H,28,29,30)/t19-,20-,22+/m1/s1. The van der Waals surface area contributed by atoms with Crippen molar-refractivity contribution in [2.75, 3.05) is 13.2 Å². The Bertz CT molecular complexity index is 1350. The summed E-state index contributed by atoms with van der Waals surface area (Å²) in [5.41, 5.74) is 3.08. The van der Waals surface area contributed by atoms with Gasteiger partial charge in [0.15, 0.2) is 11.8 Å². The number of pyridine rings is 1. The second-order valence-corrected chi connectivity index (χ2v) is 8.49. The minimum atomic E-state index is -0.499. The number of aromatic amines is 1. The van der Waals surface area contributed by atoms with E-state index in [2.05, 4.69) is 15.0 Å². The number of hydrogen-bond donors (Lipinski definition) is 1. The van der Waals surface area contributed by atoms with E-state index in [0.717, 1.165) is 24.1 Å². The number of benzene rings is 2. The summed E-state index contributed by atoms with van der Waals surface area (Å²) in [7, 11) is 0. The molecule has 2 saturated heterocycles. The van der Waals surface area contributed by atoms with Crippen LogP contribution in [0.2, 0.25) is 5.02 Å². The van der Waals surface area contributed by atoms with Crippen LogP contribution >= 0.6 is 11.6 Å². The molecule has 2 aromatic heterocycles. The number of hydrogen-bond acceptors (Lipinski definition) is 5. The highest BCUT2D eigenvalue weighted by Gasteiger charge is 2.43. The van der Waals surface area contributed by atoms with Crippen LogP contribution in [0.15, 0.2) is 48.5 Å². The minimum Gasteiger partial charge on any atom is -0.456 e.